The highest BCUT2D eigenvalue weighted by Gasteiger charge is 2.30. The van der Waals surface area contributed by atoms with Gasteiger partial charge in [-0.25, -0.2) is 4.98 Å². The van der Waals surface area contributed by atoms with Gasteiger partial charge >= 0.3 is 0 Å². The SMILES string of the molecule is CC(=O)Nc1ccc(NC(=O)c2nc(C(=O)NC3CC3)n3c2CCCC3)cc1. The molecule has 1 aliphatic heterocycles. The number of nitrogens with zero attached hydrogens (tertiary/aromatic N) is 2. The van der Waals surface area contributed by atoms with Crippen LogP contribution in [0.4, 0.5) is 11.4 Å². The number of hydrogen-bond acceptors (Lipinski definition) is 4. The first-order chi connectivity index (χ1) is 13.5. The van der Waals surface area contributed by atoms with Crippen molar-refractivity contribution in [2.75, 3.05) is 10.6 Å². The van der Waals surface area contributed by atoms with Crippen LogP contribution in [-0.4, -0.2) is 33.3 Å². The van der Waals surface area contributed by atoms with Crippen molar-refractivity contribution in [3.8, 4) is 0 Å². The van der Waals surface area contributed by atoms with Crippen molar-refractivity contribution in [2.45, 2.75) is 51.6 Å². The summed E-state index contributed by atoms with van der Waals surface area (Å²) in [6.07, 6.45) is 4.68. The molecule has 0 radical (unpaired) electrons. The second-order valence-electron chi connectivity index (χ2n) is 7.30. The lowest BCUT2D eigenvalue weighted by Crippen LogP contribution is -2.29. The number of fused-ring (bicyclic) bond motifs is 1. The van der Waals surface area contributed by atoms with E-state index in [0.717, 1.165) is 37.8 Å². The van der Waals surface area contributed by atoms with Crippen molar-refractivity contribution in [2.24, 2.45) is 0 Å². The molecule has 0 bridgehead atoms. The maximum atomic E-state index is 12.8. The molecule has 2 heterocycles. The van der Waals surface area contributed by atoms with Gasteiger partial charge in [0.2, 0.25) is 5.91 Å². The van der Waals surface area contributed by atoms with Crippen LogP contribution in [0.1, 0.15) is 59.4 Å². The molecule has 1 fully saturated rings. The van der Waals surface area contributed by atoms with Gasteiger partial charge in [0.05, 0.1) is 5.69 Å². The lowest BCUT2D eigenvalue weighted by molar-refractivity contribution is -0.114. The minimum Gasteiger partial charge on any atom is -0.347 e. The molecule has 1 saturated carbocycles. The normalized spacial score (nSPS) is 15.5. The van der Waals surface area contributed by atoms with Gasteiger partial charge in [-0.2, -0.15) is 0 Å². The van der Waals surface area contributed by atoms with Gasteiger partial charge in [0, 0.05) is 30.9 Å². The minimum atomic E-state index is -0.330. The molecule has 4 rings (SSSR count). The average Bonchev–Trinajstić information content (AvgIpc) is 3.39. The van der Waals surface area contributed by atoms with Crippen LogP contribution in [0, 0.1) is 0 Å². The maximum Gasteiger partial charge on any atom is 0.287 e. The van der Waals surface area contributed by atoms with E-state index in [2.05, 4.69) is 20.9 Å². The van der Waals surface area contributed by atoms with Gasteiger partial charge in [0.25, 0.3) is 11.8 Å². The molecule has 146 valence electrons. The topological polar surface area (TPSA) is 105 Å². The van der Waals surface area contributed by atoms with Gasteiger partial charge in [0.1, 0.15) is 0 Å². The van der Waals surface area contributed by atoms with E-state index < -0.39 is 0 Å². The molecule has 2 aliphatic rings. The van der Waals surface area contributed by atoms with E-state index in [4.69, 9.17) is 0 Å². The summed E-state index contributed by atoms with van der Waals surface area (Å²) in [5.41, 5.74) is 2.38. The van der Waals surface area contributed by atoms with Gasteiger partial charge in [-0.3, -0.25) is 14.4 Å². The molecular weight excluding hydrogens is 358 g/mol. The van der Waals surface area contributed by atoms with Crippen molar-refractivity contribution in [3.63, 3.8) is 0 Å². The summed E-state index contributed by atoms with van der Waals surface area (Å²) in [6.45, 7) is 2.14. The van der Waals surface area contributed by atoms with Crippen LogP contribution in [0.3, 0.4) is 0 Å². The number of hydrogen-bond donors (Lipinski definition) is 3. The van der Waals surface area contributed by atoms with Crippen molar-refractivity contribution in [1.29, 1.82) is 0 Å². The standard InChI is InChI=1S/C20H23N5O3/c1-12(26)21-13-5-7-14(8-6-13)22-19(27)17-16-4-2-3-11-25(16)18(24-17)20(28)23-15-9-10-15/h5-8,15H,2-4,9-11H2,1H3,(H,21,26)(H,22,27)(H,23,28). The molecular formula is C20H23N5O3. The summed E-state index contributed by atoms with van der Waals surface area (Å²) in [7, 11) is 0. The Labute approximate surface area is 162 Å². The molecule has 1 aromatic carbocycles. The number of rotatable bonds is 5. The highest BCUT2D eigenvalue weighted by Crippen LogP contribution is 2.24. The number of carbonyl (C=O) groups excluding carboxylic acids is 3. The second kappa shape index (κ2) is 7.46. The van der Waals surface area contributed by atoms with E-state index >= 15 is 0 Å². The monoisotopic (exact) mass is 381 g/mol. The summed E-state index contributed by atoms with van der Waals surface area (Å²) < 4.78 is 1.88. The molecule has 3 amide bonds. The van der Waals surface area contributed by atoms with Gasteiger partial charge < -0.3 is 20.5 Å². The van der Waals surface area contributed by atoms with E-state index in [1.165, 1.54) is 6.92 Å². The van der Waals surface area contributed by atoms with Crippen LogP contribution in [0.2, 0.25) is 0 Å². The third-order valence-corrected chi connectivity index (χ3v) is 4.91. The Bertz CT molecular complexity index is 928. The average molecular weight is 381 g/mol. The molecule has 0 unspecified atom stereocenters. The zero-order valence-corrected chi connectivity index (χ0v) is 15.7. The van der Waals surface area contributed by atoms with Gasteiger partial charge in [-0.1, -0.05) is 0 Å². The first kappa shape index (κ1) is 18.2. The largest absolute Gasteiger partial charge is 0.347 e. The van der Waals surface area contributed by atoms with Gasteiger partial charge in [0.15, 0.2) is 11.5 Å². The summed E-state index contributed by atoms with van der Waals surface area (Å²) in [5.74, 6) is -0.362. The summed E-state index contributed by atoms with van der Waals surface area (Å²) >= 11 is 0. The van der Waals surface area contributed by atoms with E-state index in [1.54, 1.807) is 24.3 Å². The fourth-order valence-electron chi connectivity index (χ4n) is 3.41. The third kappa shape index (κ3) is 3.90. The molecule has 8 heteroatoms. The Hall–Kier alpha value is -3.16. The Morgan fingerprint density at radius 1 is 1.00 bits per heavy atom. The maximum absolute atomic E-state index is 12.8. The summed E-state index contributed by atoms with van der Waals surface area (Å²) in [4.78, 5) is 40.9. The molecule has 0 saturated heterocycles. The Morgan fingerprint density at radius 2 is 1.68 bits per heavy atom. The Morgan fingerprint density at radius 3 is 2.32 bits per heavy atom. The van der Waals surface area contributed by atoms with Crippen LogP contribution in [0.5, 0.6) is 0 Å². The molecule has 0 atom stereocenters. The van der Waals surface area contributed by atoms with E-state index in [9.17, 15) is 14.4 Å². The third-order valence-electron chi connectivity index (χ3n) is 4.91. The number of benzene rings is 1. The summed E-state index contributed by atoms with van der Waals surface area (Å²) in [6, 6.07) is 7.10. The van der Waals surface area contributed by atoms with Crippen molar-refractivity contribution in [3.05, 3.63) is 41.5 Å². The number of anilines is 2. The van der Waals surface area contributed by atoms with Crippen LogP contribution < -0.4 is 16.0 Å². The van der Waals surface area contributed by atoms with Gasteiger partial charge in [-0.15, -0.1) is 0 Å². The fraction of sp³-hybridized carbons (Fsp3) is 0.400. The number of aromatic nitrogens is 2. The predicted octanol–water partition coefficient (Wildman–Crippen LogP) is 2.32. The number of imidazole rings is 1. The van der Waals surface area contributed by atoms with E-state index in [0.29, 0.717) is 29.4 Å². The second-order valence-corrected chi connectivity index (χ2v) is 7.30. The molecule has 28 heavy (non-hydrogen) atoms. The van der Waals surface area contributed by atoms with Crippen molar-refractivity contribution < 1.29 is 14.4 Å². The first-order valence-corrected chi connectivity index (χ1v) is 9.60. The smallest absolute Gasteiger partial charge is 0.287 e. The number of amides is 3. The van der Waals surface area contributed by atoms with E-state index in [1.807, 2.05) is 4.57 Å². The number of nitrogens with one attached hydrogen (secondary N) is 3. The minimum absolute atomic E-state index is 0.154. The summed E-state index contributed by atoms with van der Waals surface area (Å²) in [5, 5.41) is 8.47. The van der Waals surface area contributed by atoms with Crippen molar-refractivity contribution >= 4 is 29.1 Å². The van der Waals surface area contributed by atoms with Crippen LogP contribution in [0.25, 0.3) is 0 Å². The highest BCUT2D eigenvalue weighted by atomic mass is 16.2. The van der Waals surface area contributed by atoms with Crippen LogP contribution in [-0.2, 0) is 17.8 Å². The molecule has 8 nitrogen and oxygen atoms in total. The fourth-order valence-corrected chi connectivity index (χ4v) is 3.41. The molecule has 3 N–H and O–H groups in total. The number of carbonyl (C=O) groups is 3. The highest BCUT2D eigenvalue weighted by molar-refractivity contribution is 6.05. The van der Waals surface area contributed by atoms with Crippen molar-refractivity contribution in [1.82, 2.24) is 14.9 Å². The molecule has 2 aromatic rings. The van der Waals surface area contributed by atoms with E-state index in [-0.39, 0.29) is 23.8 Å². The zero-order chi connectivity index (χ0) is 19.7. The lowest BCUT2D eigenvalue weighted by atomic mass is 10.1. The first-order valence-electron chi connectivity index (χ1n) is 9.60. The molecule has 0 spiro atoms. The Balaban J connectivity index is 1.54. The quantitative estimate of drug-likeness (QED) is 0.739. The molecule has 1 aliphatic carbocycles. The lowest BCUT2D eigenvalue weighted by Gasteiger charge is -2.17. The van der Waals surface area contributed by atoms with Crippen LogP contribution >= 0.6 is 0 Å². The van der Waals surface area contributed by atoms with Crippen LogP contribution in [0.15, 0.2) is 24.3 Å². The zero-order valence-electron chi connectivity index (χ0n) is 15.7. The predicted molar refractivity (Wildman–Crippen MR) is 104 cm³/mol. The van der Waals surface area contributed by atoms with Gasteiger partial charge in [-0.05, 0) is 56.4 Å². The Kier molecular flexibility index (Phi) is 4.85. The molecule has 1 aromatic heterocycles.